The van der Waals surface area contributed by atoms with Crippen molar-refractivity contribution in [1.29, 1.82) is 0 Å². The minimum atomic E-state index is -0.503. The number of allylic oxidation sites excluding steroid dienone is 1. The summed E-state index contributed by atoms with van der Waals surface area (Å²) >= 11 is 0. The molecule has 0 bridgehead atoms. The van der Waals surface area contributed by atoms with Crippen LogP contribution in [0.15, 0.2) is 70.5 Å². The molecule has 2 aromatic heterocycles. The number of hydrogen-bond donors (Lipinski definition) is 1. The van der Waals surface area contributed by atoms with Gasteiger partial charge < -0.3 is 24.4 Å². The first-order valence-corrected chi connectivity index (χ1v) is 13.5. The van der Waals surface area contributed by atoms with E-state index >= 15 is 0 Å². The summed E-state index contributed by atoms with van der Waals surface area (Å²) in [5.74, 6) is 2.23. The number of fused-ring (bicyclic) bond motifs is 1. The molecule has 0 saturated carbocycles. The molecule has 0 spiro atoms. The van der Waals surface area contributed by atoms with Crippen LogP contribution in [0.5, 0.6) is 0 Å². The molecule has 4 heterocycles. The molecule has 3 aromatic rings. The van der Waals surface area contributed by atoms with Crippen molar-refractivity contribution >= 4 is 29.0 Å². The standard InChI is InChI=1S/C30H34N6O3/c1-20-9-10-25(39-20)28-27-22(17-30(2,3)18-24(27)37)33-21-7-4-5-8-23(21)36(28)19-26(38)34-13-15-35(16-14-34)29-31-11-6-12-32-29/h4-12,28,33H,13-19H2,1-3H3. The summed E-state index contributed by atoms with van der Waals surface area (Å²) in [5, 5.41) is 3.59. The molecule has 9 nitrogen and oxygen atoms in total. The van der Waals surface area contributed by atoms with Crippen molar-refractivity contribution in [3.63, 3.8) is 0 Å². The van der Waals surface area contributed by atoms with Gasteiger partial charge in [0.05, 0.1) is 17.9 Å². The van der Waals surface area contributed by atoms with Gasteiger partial charge in [-0.2, -0.15) is 0 Å². The maximum absolute atomic E-state index is 13.8. The lowest BCUT2D eigenvalue weighted by Gasteiger charge is -2.39. The van der Waals surface area contributed by atoms with E-state index in [0.717, 1.165) is 29.3 Å². The lowest BCUT2D eigenvalue weighted by atomic mass is 9.74. The van der Waals surface area contributed by atoms with Crippen molar-refractivity contribution in [3.8, 4) is 0 Å². The molecule has 39 heavy (non-hydrogen) atoms. The average Bonchev–Trinajstić information content (AvgIpc) is 3.30. The second kappa shape index (κ2) is 9.87. The Labute approximate surface area is 228 Å². The number of amides is 1. The van der Waals surface area contributed by atoms with Gasteiger partial charge in [0.2, 0.25) is 11.9 Å². The van der Waals surface area contributed by atoms with Crippen LogP contribution in [0.2, 0.25) is 0 Å². The molecule has 6 rings (SSSR count). The summed E-state index contributed by atoms with van der Waals surface area (Å²) in [4.78, 5) is 42.4. The normalized spacial score (nSPS) is 20.7. The first-order valence-electron chi connectivity index (χ1n) is 13.5. The average molecular weight is 527 g/mol. The number of carbonyl (C=O) groups is 2. The molecule has 9 heteroatoms. The SMILES string of the molecule is Cc1ccc(C2C3=C(CC(C)(C)CC3=O)Nc3ccccc3N2CC(=O)N2CCN(c3ncccn3)CC2)o1. The smallest absolute Gasteiger partial charge is 0.242 e. The minimum Gasteiger partial charge on any atom is -0.464 e. The summed E-state index contributed by atoms with van der Waals surface area (Å²) < 4.78 is 6.16. The van der Waals surface area contributed by atoms with Gasteiger partial charge in [0.15, 0.2) is 5.78 Å². The number of piperazine rings is 1. The molecule has 1 aromatic carbocycles. The van der Waals surface area contributed by atoms with Gasteiger partial charge in [0.1, 0.15) is 17.6 Å². The Kier molecular flexibility index (Phi) is 6.37. The quantitative estimate of drug-likeness (QED) is 0.537. The Morgan fingerprint density at radius 1 is 1.03 bits per heavy atom. The van der Waals surface area contributed by atoms with E-state index < -0.39 is 6.04 Å². The monoisotopic (exact) mass is 526 g/mol. The van der Waals surface area contributed by atoms with Crippen LogP contribution in [-0.4, -0.2) is 59.3 Å². The molecule has 2 aliphatic heterocycles. The molecule has 1 atom stereocenters. The van der Waals surface area contributed by atoms with Crippen LogP contribution >= 0.6 is 0 Å². The molecule has 3 aliphatic rings. The third-order valence-corrected chi connectivity index (χ3v) is 7.81. The topological polar surface area (TPSA) is 94.8 Å². The number of aryl methyl sites for hydroxylation is 1. The summed E-state index contributed by atoms with van der Waals surface area (Å²) in [7, 11) is 0. The number of rotatable bonds is 4. The maximum Gasteiger partial charge on any atom is 0.242 e. The highest BCUT2D eigenvalue weighted by Crippen LogP contribution is 2.48. The fraction of sp³-hybridized carbons (Fsp3) is 0.400. The largest absolute Gasteiger partial charge is 0.464 e. The van der Waals surface area contributed by atoms with Crippen molar-refractivity contribution in [2.75, 3.05) is 47.8 Å². The number of aromatic nitrogens is 2. The molecule has 202 valence electrons. The third-order valence-electron chi connectivity index (χ3n) is 7.81. The highest BCUT2D eigenvalue weighted by Gasteiger charge is 2.43. The van der Waals surface area contributed by atoms with E-state index in [4.69, 9.17) is 4.42 Å². The molecule has 1 fully saturated rings. The van der Waals surface area contributed by atoms with E-state index in [0.29, 0.717) is 49.9 Å². The Morgan fingerprint density at radius 3 is 2.49 bits per heavy atom. The third kappa shape index (κ3) is 4.89. The van der Waals surface area contributed by atoms with E-state index in [2.05, 4.69) is 34.0 Å². The zero-order valence-corrected chi connectivity index (χ0v) is 22.7. The number of nitrogens with one attached hydrogen (secondary N) is 1. The summed E-state index contributed by atoms with van der Waals surface area (Å²) in [6.07, 6.45) is 4.66. The highest BCUT2D eigenvalue weighted by atomic mass is 16.3. The number of hydrogen-bond acceptors (Lipinski definition) is 8. The van der Waals surface area contributed by atoms with Gasteiger partial charge in [-0.05, 0) is 49.1 Å². The van der Waals surface area contributed by atoms with E-state index in [1.165, 1.54) is 0 Å². The lowest BCUT2D eigenvalue weighted by Crippen LogP contribution is -2.52. The molecular formula is C30H34N6O3. The van der Waals surface area contributed by atoms with Crippen LogP contribution in [0, 0.1) is 12.3 Å². The molecular weight excluding hydrogens is 492 g/mol. The van der Waals surface area contributed by atoms with Crippen LogP contribution in [-0.2, 0) is 9.59 Å². The van der Waals surface area contributed by atoms with E-state index in [1.54, 1.807) is 18.5 Å². The predicted octanol–water partition coefficient (Wildman–Crippen LogP) is 4.34. The van der Waals surface area contributed by atoms with Crippen LogP contribution in [0.4, 0.5) is 17.3 Å². The Hall–Kier alpha value is -4.14. The van der Waals surface area contributed by atoms with Gasteiger partial charge >= 0.3 is 0 Å². The van der Waals surface area contributed by atoms with Crippen LogP contribution in [0.3, 0.4) is 0 Å². The zero-order chi connectivity index (χ0) is 27.1. The molecule has 1 aliphatic carbocycles. The first kappa shape index (κ1) is 25.2. The van der Waals surface area contributed by atoms with E-state index in [-0.39, 0.29) is 23.7 Å². The van der Waals surface area contributed by atoms with E-state index in [9.17, 15) is 9.59 Å². The number of nitrogens with zero attached hydrogens (tertiary/aromatic N) is 5. The van der Waals surface area contributed by atoms with Crippen LogP contribution in [0.1, 0.15) is 44.3 Å². The molecule has 1 saturated heterocycles. The molecule has 1 unspecified atom stereocenters. The fourth-order valence-electron chi connectivity index (χ4n) is 5.98. The van der Waals surface area contributed by atoms with Gasteiger partial charge in [-0.1, -0.05) is 26.0 Å². The number of benzene rings is 1. The number of furan rings is 1. The Balaban J connectivity index is 1.34. The second-order valence-electron chi connectivity index (χ2n) is 11.4. The maximum atomic E-state index is 13.8. The Morgan fingerprint density at radius 2 is 1.77 bits per heavy atom. The van der Waals surface area contributed by atoms with Crippen molar-refractivity contribution < 1.29 is 14.0 Å². The minimum absolute atomic E-state index is 0.0133. The number of para-hydroxylation sites is 2. The molecule has 0 radical (unpaired) electrons. The summed E-state index contributed by atoms with van der Waals surface area (Å²) in [6.45, 7) is 8.76. The van der Waals surface area contributed by atoms with Gasteiger partial charge in [-0.25, -0.2) is 9.97 Å². The van der Waals surface area contributed by atoms with Crippen molar-refractivity contribution in [2.45, 2.75) is 39.7 Å². The van der Waals surface area contributed by atoms with Crippen molar-refractivity contribution in [3.05, 3.63) is 77.6 Å². The number of anilines is 3. The number of ketones is 1. The molecule has 1 amide bonds. The van der Waals surface area contributed by atoms with Gasteiger partial charge in [0.25, 0.3) is 0 Å². The van der Waals surface area contributed by atoms with Gasteiger partial charge in [-0.3, -0.25) is 9.59 Å². The van der Waals surface area contributed by atoms with E-state index in [1.807, 2.05) is 53.1 Å². The fourth-order valence-corrected chi connectivity index (χ4v) is 5.98. The predicted molar refractivity (Wildman–Crippen MR) is 149 cm³/mol. The summed E-state index contributed by atoms with van der Waals surface area (Å²) in [5.41, 5.74) is 3.21. The van der Waals surface area contributed by atoms with Crippen LogP contribution < -0.4 is 15.1 Å². The van der Waals surface area contributed by atoms with Gasteiger partial charge in [-0.15, -0.1) is 0 Å². The Bertz CT molecular complexity index is 1420. The van der Waals surface area contributed by atoms with Gasteiger partial charge in [0, 0.05) is 56.3 Å². The van der Waals surface area contributed by atoms with Crippen molar-refractivity contribution in [1.82, 2.24) is 14.9 Å². The lowest BCUT2D eigenvalue weighted by molar-refractivity contribution is -0.130. The number of carbonyl (C=O) groups excluding carboxylic acids is 2. The highest BCUT2D eigenvalue weighted by molar-refractivity contribution is 6.01. The van der Waals surface area contributed by atoms with Crippen molar-refractivity contribution in [2.24, 2.45) is 5.41 Å². The number of Topliss-reactive ketones (excluding diaryl/α,β-unsaturated/α-hetero) is 1. The van der Waals surface area contributed by atoms with Crippen LogP contribution in [0.25, 0.3) is 0 Å². The second-order valence-corrected chi connectivity index (χ2v) is 11.4. The molecule has 1 N–H and O–H groups in total. The first-order chi connectivity index (χ1) is 18.8. The zero-order valence-electron chi connectivity index (χ0n) is 22.7. The summed E-state index contributed by atoms with van der Waals surface area (Å²) in [6, 6.07) is 13.1.